The van der Waals surface area contributed by atoms with E-state index in [2.05, 4.69) is 33.2 Å². The highest BCUT2D eigenvalue weighted by Gasteiger charge is 2.26. The molecule has 6 nitrogen and oxygen atoms in total. The number of aromatic nitrogens is 4. The molecule has 6 heteroatoms. The van der Waals surface area contributed by atoms with E-state index in [1.54, 1.807) is 12.1 Å². The van der Waals surface area contributed by atoms with E-state index >= 15 is 0 Å². The lowest BCUT2D eigenvalue weighted by Crippen LogP contribution is -2.42. The molecule has 140 valence electrons. The number of imidazole rings is 1. The normalized spacial score (nSPS) is 15.1. The smallest absolute Gasteiger partial charge is 0.137 e. The molecule has 0 saturated carbocycles. The first-order valence-corrected chi connectivity index (χ1v) is 9.38. The van der Waals surface area contributed by atoms with E-state index in [1.807, 2.05) is 48.0 Å². The minimum atomic E-state index is 0.237. The van der Waals surface area contributed by atoms with Crippen molar-refractivity contribution in [3.8, 4) is 28.1 Å². The number of likely N-dealkylation sites (N-methyl/N-ethyl adjacent to an activating group) is 1. The highest BCUT2D eigenvalue weighted by atomic mass is 16.3. The summed E-state index contributed by atoms with van der Waals surface area (Å²) < 4.78 is 2.00. The predicted molar refractivity (Wildman–Crippen MR) is 108 cm³/mol. The number of nitrogens with zero attached hydrogens (tertiary/aromatic N) is 5. The van der Waals surface area contributed by atoms with E-state index in [0.717, 1.165) is 52.5 Å². The van der Waals surface area contributed by atoms with Crippen LogP contribution >= 0.6 is 0 Å². The van der Waals surface area contributed by atoms with Crippen molar-refractivity contribution in [3.63, 3.8) is 0 Å². The van der Waals surface area contributed by atoms with Gasteiger partial charge < -0.3 is 14.4 Å². The van der Waals surface area contributed by atoms with Crippen molar-refractivity contribution in [3.05, 3.63) is 66.2 Å². The number of pyridine rings is 1. The van der Waals surface area contributed by atoms with Crippen molar-refractivity contribution in [2.75, 3.05) is 20.1 Å². The third kappa shape index (κ3) is 2.92. The Labute approximate surface area is 163 Å². The number of fused-ring (bicyclic) bond motifs is 1. The van der Waals surface area contributed by atoms with Gasteiger partial charge in [0, 0.05) is 42.5 Å². The summed E-state index contributed by atoms with van der Waals surface area (Å²) in [5.41, 5.74) is 6.52. The first-order valence-electron chi connectivity index (χ1n) is 9.38. The topological polar surface area (TPSA) is 66.6 Å². The largest absolute Gasteiger partial charge is 0.508 e. The average Bonchev–Trinajstić information content (AvgIpc) is 3.04. The summed E-state index contributed by atoms with van der Waals surface area (Å²) in [6.45, 7) is 4.04. The molecule has 0 amide bonds. The molecule has 0 bridgehead atoms. The van der Waals surface area contributed by atoms with E-state index in [1.165, 1.54) is 0 Å². The SMILES string of the molecule is Cc1cn2cc(-c3cccc(O)c3)c(-c3ccc(C4CN(C)C4)nn3)cc2n1. The van der Waals surface area contributed by atoms with Crippen LogP contribution in [0.5, 0.6) is 5.75 Å². The molecule has 1 aliphatic rings. The van der Waals surface area contributed by atoms with Gasteiger partial charge in [0.2, 0.25) is 0 Å². The summed E-state index contributed by atoms with van der Waals surface area (Å²) in [4.78, 5) is 6.86. The summed E-state index contributed by atoms with van der Waals surface area (Å²) in [5.74, 6) is 0.704. The van der Waals surface area contributed by atoms with Gasteiger partial charge in [-0.1, -0.05) is 12.1 Å². The molecule has 0 unspecified atom stereocenters. The zero-order valence-electron chi connectivity index (χ0n) is 15.9. The van der Waals surface area contributed by atoms with Gasteiger partial charge in [-0.25, -0.2) is 4.98 Å². The zero-order chi connectivity index (χ0) is 19.3. The van der Waals surface area contributed by atoms with Crippen molar-refractivity contribution in [1.29, 1.82) is 0 Å². The predicted octanol–water partition coefficient (Wildman–Crippen LogP) is 3.50. The molecule has 4 aromatic rings. The number of likely N-dealkylation sites (tertiary alicyclic amines) is 1. The molecule has 5 rings (SSSR count). The van der Waals surface area contributed by atoms with E-state index in [0.29, 0.717) is 5.92 Å². The maximum atomic E-state index is 9.95. The van der Waals surface area contributed by atoms with Crippen LogP contribution in [0.4, 0.5) is 0 Å². The van der Waals surface area contributed by atoms with Crippen LogP contribution in [0.25, 0.3) is 28.0 Å². The standard InChI is InChI=1S/C22H21N5O/c1-14-10-27-13-19(15-4-3-5-17(28)8-15)18(9-22(27)23-14)21-7-6-20(24-25-21)16-11-26(2)12-16/h3-10,13,16,28H,11-12H2,1-2H3. The minimum Gasteiger partial charge on any atom is -0.508 e. The summed E-state index contributed by atoms with van der Waals surface area (Å²) in [7, 11) is 2.11. The third-order valence-electron chi connectivity index (χ3n) is 5.31. The number of benzene rings is 1. The van der Waals surface area contributed by atoms with Crippen molar-refractivity contribution in [2.24, 2.45) is 0 Å². The lowest BCUT2D eigenvalue weighted by atomic mass is 9.96. The van der Waals surface area contributed by atoms with Gasteiger partial charge in [-0.3, -0.25) is 0 Å². The molecule has 1 fully saturated rings. The van der Waals surface area contributed by atoms with Gasteiger partial charge in [0.25, 0.3) is 0 Å². The monoisotopic (exact) mass is 371 g/mol. The summed E-state index contributed by atoms with van der Waals surface area (Å²) >= 11 is 0. The minimum absolute atomic E-state index is 0.237. The fourth-order valence-electron chi connectivity index (χ4n) is 3.87. The maximum absolute atomic E-state index is 9.95. The van der Waals surface area contributed by atoms with Gasteiger partial charge in [0.15, 0.2) is 0 Å². The Morgan fingerprint density at radius 3 is 2.57 bits per heavy atom. The Morgan fingerprint density at radius 2 is 1.86 bits per heavy atom. The lowest BCUT2D eigenvalue weighted by Gasteiger charge is -2.35. The number of rotatable bonds is 3. The Balaban J connectivity index is 1.63. The van der Waals surface area contributed by atoms with Crippen LogP contribution in [-0.4, -0.2) is 49.7 Å². The van der Waals surface area contributed by atoms with E-state index in [9.17, 15) is 5.11 Å². The van der Waals surface area contributed by atoms with Crippen LogP contribution in [0, 0.1) is 6.92 Å². The molecule has 1 aliphatic heterocycles. The van der Waals surface area contributed by atoms with Crippen molar-refractivity contribution >= 4 is 5.65 Å². The fraction of sp³-hybridized carbons (Fsp3) is 0.227. The van der Waals surface area contributed by atoms with Crippen LogP contribution in [0.2, 0.25) is 0 Å². The lowest BCUT2D eigenvalue weighted by molar-refractivity contribution is 0.186. The first kappa shape index (κ1) is 16.9. The molecule has 1 aromatic carbocycles. The second kappa shape index (κ2) is 6.42. The quantitative estimate of drug-likeness (QED) is 0.597. The first-order chi connectivity index (χ1) is 13.6. The zero-order valence-corrected chi connectivity index (χ0v) is 15.9. The highest BCUT2D eigenvalue weighted by Crippen LogP contribution is 2.34. The number of hydrogen-bond acceptors (Lipinski definition) is 5. The van der Waals surface area contributed by atoms with E-state index in [4.69, 9.17) is 0 Å². The molecule has 0 spiro atoms. The fourth-order valence-corrected chi connectivity index (χ4v) is 3.87. The van der Waals surface area contributed by atoms with Gasteiger partial charge >= 0.3 is 0 Å². The van der Waals surface area contributed by atoms with Crippen LogP contribution in [0.1, 0.15) is 17.3 Å². The van der Waals surface area contributed by atoms with Crippen LogP contribution in [0.15, 0.2) is 54.9 Å². The maximum Gasteiger partial charge on any atom is 0.137 e. The summed E-state index contributed by atoms with van der Waals surface area (Å²) in [5, 5.41) is 19.0. The van der Waals surface area contributed by atoms with Gasteiger partial charge in [-0.05, 0) is 49.9 Å². The second-order valence-electron chi connectivity index (χ2n) is 7.56. The molecule has 0 aliphatic carbocycles. The molecule has 0 radical (unpaired) electrons. The Bertz CT molecular complexity index is 1160. The molecular formula is C22H21N5O. The third-order valence-corrected chi connectivity index (χ3v) is 5.31. The van der Waals surface area contributed by atoms with Gasteiger partial charge in [0.05, 0.1) is 17.1 Å². The summed E-state index contributed by atoms with van der Waals surface area (Å²) in [6.07, 6.45) is 4.03. The van der Waals surface area contributed by atoms with Crippen LogP contribution < -0.4 is 0 Å². The number of aromatic hydroxyl groups is 1. The molecule has 4 heterocycles. The molecular weight excluding hydrogens is 350 g/mol. The van der Waals surface area contributed by atoms with E-state index < -0.39 is 0 Å². The Hall–Kier alpha value is -3.25. The molecule has 1 N–H and O–H groups in total. The van der Waals surface area contributed by atoms with Crippen molar-refractivity contribution in [1.82, 2.24) is 24.5 Å². The second-order valence-corrected chi connectivity index (χ2v) is 7.56. The summed E-state index contributed by atoms with van der Waals surface area (Å²) in [6, 6.07) is 13.4. The number of hydrogen-bond donors (Lipinski definition) is 1. The molecule has 1 saturated heterocycles. The number of phenolic OH excluding ortho intramolecular Hbond substituents is 1. The van der Waals surface area contributed by atoms with Gasteiger partial charge in [0.1, 0.15) is 11.4 Å². The Morgan fingerprint density at radius 1 is 1.00 bits per heavy atom. The molecule has 28 heavy (non-hydrogen) atoms. The van der Waals surface area contributed by atoms with Gasteiger partial charge in [-0.2, -0.15) is 10.2 Å². The van der Waals surface area contributed by atoms with Crippen molar-refractivity contribution in [2.45, 2.75) is 12.8 Å². The molecule has 3 aromatic heterocycles. The molecule has 0 atom stereocenters. The van der Waals surface area contributed by atoms with Crippen molar-refractivity contribution < 1.29 is 5.11 Å². The van der Waals surface area contributed by atoms with Crippen LogP contribution in [-0.2, 0) is 0 Å². The number of phenols is 1. The highest BCUT2D eigenvalue weighted by molar-refractivity contribution is 5.84. The number of aryl methyl sites for hydroxylation is 1. The van der Waals surface area contributed by atoms with E-state index in [-0.39, 0.29) is 5.75 Å². The van der Waals surface area contributed by atoms with Crippen LogP contribution in [0.3, 0.4) is 0 Å². The average molecular weight is 371 g/mol. The Kier molecular flexibility index (Phi) is 3.87. The van der Waals surface area contributed by atoms with Gasteiger partial charge in [-0.15, -0.1) is 0 Å².